The van der Waals surface area contributed by atoms with Crippen LogP contribution < -0.4 is 0 Å². The van der Waals surface area contributed by atoms with Gasteiger partial charge in [0.05, 0.1) is 0 Å². The Balaban J connectivity index is 0.00000112. The lowest BCUT2D eigenvalue weighted by Crippen LogP contribution is -1.84. The first-order valence-electron chi connectivity index (χ1n) is 4.84. The minimum atomic E-state index is 0. The molecule has 82 valence electrons. The van der Waals surface area contributed by atoms with Gasteiger partial charge >= 0.3 is 0 Å². The van der Waals surface area contributed by atoms with E-state index in [0.29, 0.717) is 5.92 Å². The molecule has 1 nitrogen and oxygen atoms in total. The molecule has 0 radical (unpaired) electrons. The number of hydrogen-bond acceptors (Lipinski definition) is 0. The summed E-state index contributed by atoms with van der Waals surface area (Å²) < 4.78 is 2.15. The van der Waals surface area contributed by atoms with Gasteiger partial charge in [-0.1, -0.05) is 25.4 Å². The number of hydrogen-bond donors (Lipinski definition) is 0. The van der Waals surface area contributed by atoms with Crippen molar-refractivity contribution in [1.29, 1.82) is 0 Å². The minimum absolute atomic E-state index is 0. The fourth-order valence-electron chi connectivity index (χ4n) is 1.85. The van der Waals surface area contributed by atoms with E-state index in [0.717, 1.165) is 5.02 Å². The van der Waals surface area contributed by atoms with Crippen LogP contribution in [-0.4, -0.2) is 4.57 Å². The number of aromatic nitrogens is 1. The molecule has 15 heavy (non-hydrogen) atoms. The lowest BCUT2D eigenvalue weighted by atomic mass is 10.0. The number of fused-ring (bicyclic) bond motifs is 1. The van der Waals surface area contributed by atoms with Gasteiger partial charge in [0.25, 0.3) is 0 Å². The number of halogens is 2. The van der Waals surface area contributed by atoms with Crippen molar-refractivity contribution in [3.63, 3.8) is 0 Å². The zero-order valence-corrected chi connectivity index (χ0v) is 10.7. The molecule has 0 aliphatic rings. The molecule has 0 spiro atoms. The molecule has 0 fully saturated rings. The maximum Gasteiger partial charge on any atom is 0.0481 e. The van der Waals surface area contributed by atoms with E-state index in [1.54, 1.807) is 0 Å². The molecule has 0 amide bonds. The molecule has 2 aromatic rings. The van der Waals surface area contributed by atoms with Crippen LogP contribution in [0.25, 0.3) is 10.9 Å². The second-order valence-corrected chi connectivity index (χ2v) is 4.45. The highest BCUT2D eigenvalue weighted by atomic mass is 35.5. The topological polar surface area (TPSA) is 4.93 Å². The van der Waals surface area contributed by atoms with E-state index in [9.17, 15) is 0 Å². The third-order valence-electron chi connectivity index (χ3n) is 2.60. The molecule has 0 bridgehead atoms. The van der Waals surface area contributed by atoms with Gasteiger partial charge in [-0.15, -0.1) is 12.4 Å². The lowest BCUT2D eigenvalue weighted by molar-refractivity contribution is 0.857. The summed E-state index contributed by atoms with van der Waals surface area (Å²) in [5.74, 6) is 0.539. The Labute approximate surface area is 101 Å². The number of rotatable bonds is 1. The molecular formula is C12H15Cl2N. The molecular weight excluding hydrogens is 229 g/mol. The van der Waals surface area contributed by atoms with Crippen molar-refractivity contribution in [3.8, 4) is 0 Å². The van der Waals surface area contributed by atoms with E-state index in [-0.39, 0.29) is 12.4 Å². The molecule has 1 aromatic carbocycles. The Kier molecular flexibility index (Phi) is 3.69. The molecule has 0 aliphatic heterocycles. The van der Waals surface area contributed by atoms with Crippen LogP contribution in [0.15, 0.2) is 24.4 Å². The van der Waals surface area contributed by atoms with Crippen molar-refractivity contribution in [1.82, 2.24) is 4.57 Å². The monoisotopic (exact) mass is 243 g/mol. The molecule has 3 heteroatoms. The van der Waals surface area contributed by atoms with Crippen molar-refractivity contribution in [2.45, 2.75) is 19.8 Å². The van der Waals surface area contributed by atoms with Crippen molar-refractivity contribution in [3.05, 3.63) is 35.0 Å². The van der Waals surface area contributed by atoms with E-state index in [1.807, 2.05) is 12.1 Å². The summed E-state index contributed by atoms with van der Waals surface area (Å²) in [6.07, 6.45) is 2.19. The maximum absolute atomic E-state index is 6.00. The first-order valence-corrected chi connectivity index (χ1v) is 5.22. The molecule has 1 aromatic heterocycles. The van der Waals surface area contributed by atoms with Crippen molar-refractivity contribution in [2.24, 2.45) is 7.05 Å². The summed E-state index contributed by atoms with van der Waals surface area (Å²) in [6, 6.07) is 6.06. The third-order valence-corrected chi connectivity index (χ3v) is 2.84. The summed E-state index contributed by atoms with van der Waals surface area (Å²) in [5.41, 5.74) is 2.61. The van der Waals surface area contributed by atoms with Crippen LogP contribution in [-0.2, 0) is 7.05 Å². The standard InChI is InChI=1S/C12H14ClN.ClH/c1-8(2)11-7-14(3)12-5-4-9(13)6-10(11)12;/h4-8H,1-3H3;1H. The molecule has 0 aliphatic carbocycles. The first kappa shape index (κ1) is 12.4. The molecule has 0 saturated heterocycles. The van der Waals surface area contributed by atoms with Crippen LogP contribution in [0.3, 0.4) is 0 Å². The average Bonchev–Trinajstić information content (AvgIpc) is 2.43. The quantitative estimate of drug-likeness (QED) is 0.701. The van der Waals surface area contributed by atoms with E-state index in [1.165, 1.54) is 16.5 Å². The van der Waals surface area contributed by atoms with E-state index < -0.39 is 0 Å². The fourth-order valence-corrected chi connectivity index (χ4v) is 2.03. The first-order chi connectivity index (χ1) is 6.59. The van der Waals surface area contributed by atoms with Gasteiger partial charge in [0.1, 0.15) is 0 Å². The van der Waals surface area contributed by atoms with Crippen LogP contribution in [0.1, 0.15) is 25.3 Å². The van der Waals surface area contributed by atoms with Crippen LogP contribution in [0.2, 0.25) is 5.02 Å². The molecule has 0 atom stereocenters. The molecule has 0 unspecified atom stereocenters. The Hall–Kier alpha value is -0.660. The second kappa shape index (κ2) is 4.46. The molecule has 0 N–H and O–H groups in total. The summed E-state index contributed by atoms with van der Waals surface area (Å²) in [4.78, 5) is 0. The van der Waals surface area contributed by atoms with Crippen molar-refractivity contribution >= 4 is 34.9 Å². The Morgan fingerprint density at radius 1 is 1.27 bits per heavy atom. The highest BCUT2D eigenvalue weighted by molar-refractivity contribution is 6.31. The number of aryl methyl sites for hydroxylation is 1. The highest BCUT2D eigenvalue weighted by Gasteiger charge is 2.09. The Bertz CT molecular complexity index is 472. The summed E-state index contributed by atoms with van der Waals surface area (Å²) in [5, 5.41) is 2.08. The summed E-state index contributed by atoms with van der Waals surface area (Å²) >= 11 is 6.00. The lowest BCUT2D eigenvalue weighted by Gasteiger charge is -2.01. The van der Waals surface area contributed by atoms with Gasteiger partial charge in [-0.2, -0.15) is 0 Å². The second-order valence-electron chi connectivity index (χ2n) is 4.01. The van der Waals surface area contributed by atoms with Gasteiger partial charge in [-0.25, -0.2) is 0 Å². The largest absolute Gasteiger partial charge is 0.350 e. The normalized spacial score (nSPS) is 10.7. The molecule has 0 saturated carbocycles. The van der Waals surface area contributed by atoms with Crippen molar-refractivity contribution < 1.29 is 0 Å². The van der Waals surface area contributed by atoms with Crippen LogP contribution in [0.4, 0.5) is 0 Å². The Morgan fingerprint density at radius 2 is 1.93 bits per heavy atom. The third kappa shape index (κ3) is 2.14. The van der Waals surface area contributed by atoms with Gasteiger partial charge in [-0.05, 0) is 29.7 Å². The number of nitrogens with zero attached hydrogens (tertiary/aromatic N) is 1. The molecule has 1 heterocycles. The molecule has 2 rings (SSSR count). The van der Waals surface area contributed by atoms with Gasteiger partial charge in [-0.3, -0.25) is 0 Å². The van der Waals surface area contributed by atoms with Crippen LogP contribution in [0.5, 0.6) is 0 Å². The average molecular weight is 244 g/mol. The predicted molar refractivity (Wildman–Crippen MR) is 69.3 cm³/mol. The fraction of sp³-hybridized carbons (Fsp3) is 0.333. The van der Waals surface area contributed by atoms with Crippen molar-refractivity contribution in [2.75, 3.05) is 0 Å². The van der Waals surface area contributed by atoms with Gasteiger partial charge < -0.3 is 4.57 Å². The summed E-state index contributed by atoms with van der Waals surface area (Å²) in [6.45, 7) is 4.41. The van der Waals surface area contributed by atoms with Crippen LogP contribution >= 0.6 is 24.0 Å². The summed E-state index contributed by atoms with van der Waals surface area (Å²) in [7, 11) is 2.07. The zero-order chi connectivity index (χ0) is 10.3. The van der Waals surface area contributed by atoms with Crippen LogP contribution in [0, 0.1) is 0 Å². The highest BCUT2D eigenvalue weighted by Crippen LogP contribution is 2.28. The zero-order valence-electron chi connectivity index (χ0n) is 9.12. The van der Waals surface area contributed by atoms with Gasteiger partial charge in [0, 0.05) is 29.2 Å². The SMILES string of the molecule is CC(C)c1cn(C)c2ccc(Cl)cc12.Cl. The van der Waals surface area contributed by atoms with Gasteiger partial charge in [0.15, 0.2) is 0 Å². The maximum atomic E-state index is 6.00. The van der Waals surface area contributed by atoms with Gasteiger partial charge in [0.2, 0.25) is 0 Å². The number of benzene rings is 1. The minimum Gasteiger partial charge on any atom is -0.350 e. The van der Waals surface area contributed by atoms with E-state index in [2.05, 4.69) is 37.7 Å². The van der Waals surface area contributed by atoms with E-state index >= 15 is 0 Å². The Morgan fingerprint density at radius 3 is 2.53 bits per heavy atom. The van der Waals surface area contributed by atoms with E-state index in [4.69, 9.17) is 11.6 Å². The smallest absolute Gasteiger partial charge is 0.0481 e. The predicted octanol–water partition coefficient (Wildman–Crippen LogP) is 4.38.